The minimum Gasteiger partial charge on any atom is -0.453 e. The van der Waals surface area contributed by atoms with Crippen LogP contribution in [0.3, 0.4) is 0 Å². The fourth-order valence-corrected chi connectivity index (χ4v) is 16.6. The van der Waals surface area contributed by atoms with Gasteiger partial charge in [-0.15, -0.1) is 0 Å². The Balaban J connectivity index is 0.983. The van der Waals surface area contributed by atoms with Gasteiger partial charge in [0.2, 0.25) is 5.69 Å². The van der Waals surface area contributed by atoms with Crippen molar-refractivity contribution in [3.05, 3.63) is 388 Å². The van der Waals surface area contributed by atoms with Gasteiger partial charge in [-0.2, -0.15) is 0 Å². The van der Waals surface area contributed by atoms with Crippen molar-refractivity contribution in [3.8, 4) is 118 Å². The Labute approximate surface area is 622 Å². The summed E-state index contributed by atoms with van der Waals surface area (Å²) in [5, 5.41) is 7.78. The molecule has 16 aromatic carbocycles. The lowest BCUT2D eigenvalue weighted by Crippen LogP contribution is -2.08. The third kappa shape index (κ3) is 10.1. The van der Waals surface area contributed by atoms with E-state index >= 15 is 0 Å². The van der Waals surface area contributed by atoms with Gasteiger partial charge in [-0.3, -0.25) is 0 Å². The van der Waals surface area contributed by atoms with E-state index in [1.807, 2.05) is 12.1 Å². The number of nitrogens with zero attached hydrogens (tertiary/aromatic N) is 6. The molecule has 21 rings (SSSR count). The Morgan fingerprint density at radius 3 is 0.806 bits per heavy atom. The minimum atomic E-state index is 0.423. The standard InChI is InChI=1S/C101H62N6O/c1-102-95-96(105-88-51-45-72(64-27-10-2-11-28-64)57-80(88)81-58-73(46-52-89(81)105)65-29-12-3-13-30-65)94-78-43-26-44-79(101-103-86(70-39-22-8-23-40-70)63-87(104-101)71-41-24-9-25-42-71)99(78)108-100(94)98(107-92-55-49-76(68-35-18-6-19-36-68)61-84(92)85-62-77(50-56-93(85)107)69-37-20-7-21-38-69)97(95)106-90-53-47-74(66-31-14-4-15-32-66)59-82(90)83-60-75(48-54-91(83)106)67-33-16-5-17-34-67/h2-63H. The van der Waals surface area contributed by atoms with Crippen LogP contribution in [-0.4, -0.2) is 23.7 Å². The molecule has 21 aromatic rings. The van der Waals surface area contributed by atoms with Gasteiger partial charge in [-0.1, -0.05) is 291 Å². The van der Waals surface area contributed by atoms with Gasteiger partial charge in [-0.25, -0.2) is 14.8 Å². The number of furan rings is 1. The van der Waals surface area contributed by atoms with E-state index in [9.17, 15) is 6.57 Å². The highest BCUT2D eigenvalue weighted by atomic mass is 16.3. The molecule has 0 fully saturated rings. The van der Waals surface area contributed by atoms with Crippen LogP contribution in [0.5, 0.6) is 0 Å². The summed E-state index contributed by atoms with van der Waals surface area (Å²) in [5.41, 5.74) is 26.4. The molecule has 0 N–H and O–H groups in total. The van der Waals surface area contributed by atoms with Crippen LogP contribution in [-0.2, 0) is 0 Å². The zero-order valence-electron chi connectivity index (χ0n) is 58.4. The zero-order chi connectivity index (χ0) is 71.3. The number of para-hydroxylation sites is 1. The van der Waals surface area contributed by atoms with E-state index in [0.29, 0.717) is 45.3 Å². The van der Waals surface area contributed by atoms with Gasteiger partial charge >= 0.3 is 0 Å². The molecule has 5 heterocycles. The second kappa shape index (κ2) is 25.3. The van der Waals surface area contributed by atoms with Crippen molar-refractivity contribution in [2.24, 2.45) is 0 Å². The summed E-state index contributed by atoms with van der Waals surface area (Å²) in [6.07, 6.45) is 0. The molecule has 0 aliphatic rings. The maximum absolute atomic E-state index is 10.5. The fourth-order valence-electron chi connectivity index (χ4n) is 16.6. The average Bonchev–Trinajstić information content (AvgIpc) is 1.51. The first-order chi connectivity index (χ1) is 53.5. The smallest absolute Gasteiger partial charge is 0.236 e. The lowest BCUT2D eigenvalue weighted by molar-refractivity contribution is 0.666. The number of hydrogen-bond acceptors (Lipinski definition) is 3. The van der Waals surface area contributed by atoms with Crippen molar-refractivity contribution in [3.63, 3.8) is 0 Å². The van der Waals surface area contributed by atoms with Crippen LogP contribution in [0.2, 0.25) is 0 Å². The first-order valence-corrected chi connectivity index (χ1v) is 36.5. The van der Waals surface area contributed by atoms with Crippen LogP contribution >= 0.6 is 0 Å². The van der Waals surface area contributed by atoms with Gasteiger partial charge in [0, 0.05) is 54.2 Å². The van der Waals surface area contributed by atoms with E-state index in [4.69, 9.17) is 19.2 Å². The molecule has 0 spiro atoms. The second-order valence-corrected chi connectivity index (χ2v) is 27.8. The molecule has 0 saturated carbocycles. The largest absolute Gasteiger partial charge is 0.453 e. The van der Waals surface area contributed by atoms with Gasteiger partial charge in [0.15, 0.2) is 11.4 Å². The molecule has 0 atom stereocenters. The average molecular weight is 1380 g/mol. The van der Waals surface area contributed by atoms with Crippen molar-refractivity contribution < 1.29 is 4.42 Å². The summed E-state index contributed by atoms with van der Waals surface area (Å²) < 4.78 is 15.4. The van der Waals surface area contributed by atoms with Gasteiger partial charge in [0.05, 0.1) is 68.0 Å². The topological polar surface area (TPSA) is 58.1 Å². The highest BCUT2D eigenvalue weighted by Crippen LogP contribution is 2.55. The van der Waals surface area contributed by atoms with Crippen LogP contribution in [0.25, 0.3) is 210 Å². The molecule has 0 bridgehead atoms. The first kappa shape index (κ1) is 61.9. The van der Waals surface area contributed by atoms with Gasteiger partial charge in [0.1, 0.15) is 11.3 Å². The molecule has 7 nitrogen and oxygen atoms in total. The molecule has 0 unspecified atom stereocenters. The van der Waals surface area contributed by atoms with Crippen molar-refractivity contribution in [1.82, 2.24) is 23.7 Å². The quantitative estimate of drug-likeness (QED) is 0.115. The summed E-state index contributed by atoms with van der Waals surface area (Å²) in [7, 11) is 0. The van der Waals surface area contributed by atoms with Crippen LogP contribution in [0.15, 0.2) is 381 Å². The number of aromatic nitrogens is 5. The lowest BCUT2D eigenvalue weighted by atomic mass is 10.0. The molecule has 502 valence electrons. The summed E-state index contributed by atoms with van der Waals surface area (Å²) in [5.74, 6) is 0.497. The Hall–Kier alpha value is -14.7. The summed E-state index contributed by atoms with van der Waals surface area (Å²) >= 11 is 0. The molecular weight excluding hydrogens is 1310 g/mol. The van der Waals surface area contributed by atoms with Gasteiger partial charge < -0.3 is 18.1 Å². The Kier molecular flexibility index (Phi) is 14.5. The van der Waals surface area contributed by atoms with Crippen LogP contribution in [0.1, 0.15) is 0 Å². The molecule has 108 heavy (non-hydrogen) atoms. The van der Waals surface area contributed by atoms with Crippen LogP contribution in [0, 0.1) is 6.57 Å². The third-order valence-electron chi connectivity index (χ3n) is 21.7. The van der Waals surface area contributed by atoms with Crippen LogP contribution < -0.4 is 0 Å². The zero-order valence-corrected chi connectivity index (χ0v) is 58.4. The van der Waals surface area contributed by atoms with Gasteiger partial charge in [0.25, 0.3) is 0 Å². The van der Waals surface area contributed by atoms with Gasteiger partial charge in [-0.05, 0) is 152 Å². The highest BCUT2D eigenvalue weighted by molar-refractivity contribution is 6.25. The van der Waals surface area contributed by atoms with E-state index in [2.05, 4.69) is 378 Å². The van der Waals surface area contributed by atoms with Crippen molar-refractivity contribution >= 4 is 93.0 Å². The predicted molar refractivity (Wildman–Crippen MR) is 448 cm³/mol. The van der Waals surface area contributed by atoms with Crippen molar-refractivity contribution in [1.29, 1.82) is 0 Å². The predicted octanol–water partition coefficient (Wildman–Crippen LogP) is 27.2. The number of hydrogen-bond donors (Lipinski definition) is 0. The van der Waals surface area contributed by atoms with Crippen molar-refractivity contribution in [2.75, 3.05) is 0 Å². The highest BCUT2D eigenvalue weighted by Gasteiger charge is 2.34. The third-order valence-corrected chi connectivity index (χ3v) is 21.7. The van der Waals surface area contributed by atoms with E-state index < -0.39 is 0 Å². The second-order valence-electron chi connectivity index (χ2n) is 27.8. The van der Waals surface area contributed by atoms with E-state index in [-0.39, 0.29) is 0 Å². The number of benzene rings is 16. The van der Waals surface area contributed by atoms with E-state index in [0.717, 1.165) is 165 Å². The summed E-state index contributed by atoms with van der Waals surface area (Å²) in [4.78, 5) is 16.2. The van der Waals surface area contributed by atoms with Crippen molar-refractivity contribution in [2.45, 2.75) is 0 Å². The fraction of sp³-hybridized carbons (Fsp3) is 0. The molecule has 0 saturated heterocycles. The minimum absolute atomic E-state index is 0.423. The van der Waals surface area contributed by atoms with E-state index in [1.54, 1.807) is 0 Å². The molecule has 5 aromatic heterocycles. The number of fused-ring (bicyclic) bond motifs is 12. The van der Waals surface area contributed by atoms with Crippen LogP contribution in [0.4, 0.5) is 5.69 Å². The Bertz CT molecular complexity index is 6830. The molecule has 0 radical (unpaired) electrons. The lowest BCUT2D eigenvalue weighted by Gasteiger charge is -2.23. The van der Waals surface area contributed by atoms with E-state index in [1.165, 1.54) is 0 Å². The summed E-state index contributed by atoms with van der Waals surface area (Å²) in [6, 6.07) is 134. The number of rotatable bonds is 12. The molecular formula is C101H62N6O. The molecule has 0 aliphatic carbocycles. The maximum atomic E-state index is 10.5. The normalized spacial score (nSPS) is 11.7. The maximum Gasteiger partial charge on any atom is 0.236 e. The molecule has 0 aliphatic heterocycles. The Morgan fingerprint density at radius 2 is 0.509 bits per heavy atom. The summed E-state index contributed by atoms with van der Waals surface area (Å²) in [6.45, 7) is 10.5. The Morgan fingerprint density at radius 1 is 0.231 bits per heavy atom. The molecule has 0 amide bonds. The monoisotopic (exact) mass is 1370 g/mol. The molecule has 7 heteroatoms. The SMILES string of the molecule is [C-]#[N+]c1c(-n2c3ccc(-c4ccccc4)cc3c3cc(-c4ccccc4)ccc32)c(-n2c3ccc(-c4ccccc4)cc3c3cc(-c4ccccc4)ccc32)c2oc3c(-c4nc(-c5ccccc5)cc(-c5ccccc5)n4)cccc3c2c1-n1c2ccc(-c3ccccc3)cc2c2cc(-c3ccccc3)ccc21. The first-order valence-electron chi connectivity index (χ1n) is 36.5.